The number of amides is 2. The standard InChI is InChI=1S/C16H24ClN3O/c1-4-5-18-16(21)20-8-6-19(7-9-20)15-13(3)10-12(2)11-14(15)17/h10-11H,4-9H2,1-3H3,(H,18,21). The first-order valence-electron chi connectivity index (χ1n) is 7.57. The van der Waals surface area contributed by atoms with E-state index in [9.17, 15) is 4.79 Å². The molecule has 1 heterocycles. The predicted molar refractivity (Wildman–Crippen MR) is 88.4 cm³/mol. The number of hydrogen-bond acceptors (Lipinski definition) is 2. The van der Waals surface area contributed by atoms with Gasteiger partial charge in [-0.1, -0.05) is 24.6 Å². The molecule has 1 N–H and O–H groups in total. The first kappa shape index (κ1) is 16.0. The molecule has 1 aliphatic heterocycles. The van der Waals surface area contributed by atoms with E-state index in [2.05, 4.69) is 37.1 Å². The number of carbonyl (C=O) groups excluding carboxylic acids is 1. The van der Waals surface area contributed by atoms with E-state index in [-0.39, 0.29) is 6.03 Å². The predicted octanol–water partition coefficient (Wildman–Crippen LogP) is 3.20. The molecule has 4 nitrogen and oxygen atoms in total. The van der Waals surface area contributed by atoms with Gasteiger partial charge in [-0.2, -0.15) is 0 Å². The molecule has 1 aromatic rings. The number of halogens is 1. The van der Waals surface area contributed by atoms with Crippen molar-refractivity contribution in [3.63, 3.8) is 0 Å². The van der Waals surface area contributed by atoms with E-state index in [4.69, 9.17) is 11.6 Å². The van der Waals surface area contributed by atoms with Gasteiger partial charge in [0.25, 0.3) is 0 Å². The summed E-state index contributed by atoms with van der Waals surface area (Å²) in [6, 6.07) is 4.20. The first-order chi connectivity index (χ1) is 10.0. The number of urea groups is 1. The van der Waals surface area contributed by atoms with Gasteiger partial charge in [-0.15, -0.1) is 0 Å². The molecule has 2 rings (SSSR count). The number of piperazine rings is 1. The fraction of sp³-hybridized carbons (Fsp3) is 0.562. The molecular weight excluding hydrogens is 286 g/mol. The van der Waals surface area contributed by atoms with Crippen LogP contribution in [0.15, 0.2) is 12.1 Å². The molecular formula is C16H24ClN3O. The van der Waals surface area contributed by atoms with Gasteiger partial charge in [0, 0.05) is 32.7 Å². The van der Waals surface area contributed by atoms with Gasteiger partial charge in [-0.25, -0.2) is 4.79 Å². The fourth-order valence-corrected chi connectivity index (χ4v) is 3.23. The van der Waals surface area contributed by atoms with Gasteiger partial charge in [0.05, 0.1) is 10.7 Å². The van der Waals surface area contributed by atoms with E-state index in [0.29, 0.717) is 0 Å². The third kappa shape index (κ3) is 3.82. The minimum atomic E-state index is 0.0447. The van der Waals surface area contributed by atoms with Crippen LogP contribution in [0.5, 0.6) is 0 Å². The number of carbonyl (C=O) groups is 1. The van der Waals surface area contributed by atoms with Crippen LogP contribution in [0.4, 0.5) is 10.5 Å². The molecule has 0 saturated carbocycles. The zero-order valence-electron chi connectivity index (χ0n) is 13.1. The average Bonchev–Trinajstić information content (AvgIpc) is 2.44. The van der Waals surface area contributed by atoms with Crippen LogP contribution in [-0.4, -0.2) is 43.7 Å². The van der Waals surface area contributed by atoms with Gasteiger partial charge < -0.3 is 15.1 Å². The Labute approximate surface area is 132 Å². The van der Waals surface area contributed by atoms with Crippen LogP contribution in [0.3, 0.4) is 0 Å². The average molecular weight is 310 g/mol. The topological polar surface area (TPSA) is 35.6 Å². The first-order valence-corrected chi connectivity index (χ1v) is 7.95. The Morgan fingerprint density at radius 2 is 1.90 bits per heavy atom. The van der Waals surface area contributed by atoms with E-state index < -0.39 is 0 Å². The van der Waals surface area contributed by atoms with Crippen LogP contribution in [-0.2, 0) is 0 Å². The quantitative estimate of drug-likeness (QED) is 0.930. The van der Waals surface area contributed by atoms with E-state index in [1.54, 1.807) is 0 Å². The molecule has 21 heavy (non-hydrogen) atoms. The Hall–Kier alpha value is -1.42. The third-order valence-electron chi connectivity index (χ3n) is 3.81. The summed E-state index contributed by atoms with van der Waals surface area (Å²) in [6.07, 6.45) is 0.962. The second kappa shape index (κ2) is 7.03. The van der Waals surface area contributed by atoms with Crippen LogP contribution >= 0.6 is 11.6 Å². The smallest absolute Gasteiger partial charge is 0.317 e. The van der Waals surface area contributed by atoms with Gasteiger partial charge in [-0.3, -0.25) is 0 Å². The third-order valence-corrected chi connectivity index (χ3v) is 4.10. The largest absolute Gasteiger partial charge is 0.367 e. The Morgan fingerprint density at radius 3 is 2.48 bits per heavy atom. The highest BCUT2D eigenvalue weighted by Crippen LogP contribution is 2.31. The maximum atomic E-state index is 11.9. The minimum absolute atomic E-state index is 0.0447. The van der Waals surface area contributed by atoms with E-state index in [1.165, 1.54) is 11.1 Å². The molecule has 5 heteroatoms. The molecule has 0 atom stereocenters. The number of hydrogen-bond donors (Lipinski definition) is 1. The van der Waals surface area contributed by atoms with Crippen molar-refractivity contribution in [1.82, 2.24) is 10.2 Å². The molecule has 0 bridgehead atoms. The summed E-state index contributed by atoms with van der Waals surface area (Å²) in [5.41, 5.74) is 3.48. The van der Waals surface area contributed by atoms with E-state index in [0.717, 1.165) is 49.9 Å². The normalized spacial score (nSPS) is 15.2. The zero-order valence-corrected chi connectivity index (χ0v) is 13.8. The Balaban J connectivity index is 2.00. The van der Waals surface area contributed by atoms with Crippen LogP contribution < -0.4 is 10.2 Å². The summed E-state index contributed by atoms with van der Waals surface area (Å²) in [4.78, 5) is 16.1. The summed E-state index contributed by atoms with van der Waals surface area (Å²) >= 11 is 6.40. The van der Waals surface area contributed by atoms with Crippen molar-refractivity contribution in [2.75, 3.05) is 37.6 Å². The highest BCUT2D eigenvalue weighted by Gasteiger charge is 2.23. The Kier molecular flexibility index (Phi) is 5.34. The summed E-state index contributed by atoms with van der Waals surface area (Å²) in [6.45, 7) is 10.1. The molecule has 1 saturated heterocycles. The lowest BCUT2D eigenvalue weighted by Crippen LogP contribution is -2.52. The van der Waals surface area contributed by atoms with E-state index >= 15 is 0 Å². The maximum Gasteiger partial charge on any atom is 0.317 e. The molecule has 0 aromatic heterocycles. The monoisotopic (exact) mass is 309 g/mol. The maximum absolute atomic E-state index is 11.9. The highest BCUT2D eigenvalue weighted by molar-refractivity contribution is 6.33. The summed E-state index contributed by atoms with van der Waals surface area (Å²) in [7, 11) is 0. The van der Waals surface area contributed by atoms with Crippen molar-refractivity contribution < 1.29 is 4.79 Å². The molecule has 116 valence electrons. The van der Waals surface area contributed by atoms with Crippen molar-refractivity contribution in [3.05, 3.63) is 28.3 Å². The molecule has 0 radical (unpaired) electrons. The highest BCUT2D eigenvalue weighted by atomic mass is 35.5. The molecule has 0 aliphatic carbocycles. The summed E-state index contributed by atoms with van der Waals surface area (Å²) < 4.78 is 0. The minimum Gasteiger partial charge on any atom is -0.367 e. The number of nitrogens with one attached hydrogen (secondary N) is 1. The Bertz CT molecular complexity index is 487. The summed E-state index contributed by atoms with van der Waals surface area (Å²) in [5.74, 6) is 0. The molecule has 1 aliphatic rings. The molecule has 0 unspecified atom stereocenters. The lowest BCUT2D eigenvalue weighted by Gasteiger charge is -2.37. The lowest BCUT2D eigenvalue weighted by atomic mass is 10.1. The van der Waals surface area contributed by atoms with Crippen LogP contribution in [0, 0.1) is 13.8 Å². The van der Waals surface area contributed by atoms with Gasteiger partial charge in [0.2, 0.25) is 0 Å². The number of benzene rings is 1. The van der Waals surface area contributed by atoms with Crippen molar-refractivity contribution in [2.45, 2.75) is 27.2 Å². The van der Waals surface area contributed by atoms with Crippen molar-refractivity contribution >= 4 is 23.3 Å². The molecule has 2 amide bonds. The van der Waals surface area contributed by atoms with E-state index in [1.807, 2.05) is 11.0 Å². The molecule has 1 fully saturated rings. The van der Waals surface area contributed by atoms with Gasteiger partial charge in [-0.05, 0) is 37.5 Å². The molecule has 0 spiro atoms. The molecule has 1 aromatic carbocycles. The summed E-state index contributed by atoms with van der Waals surface area (Å²) in [5, 5.41) is 3.73. The van der Waals surface area contributed by atoms with Gasteiger partial charge in [0.1, 0.15) is 0 Å². The van der Waals surface area contributed by atoms with Crippen LogP contribution in [0.1, 0.15) is 24.5 Å². The number of anilines is 1. The van der Waals surface area contributed by atoms with Gasteiger partial charge in [0.15, 0.2) is 0 Å². The zero-order chi connectivity index (χ0) is 15.4. The van der Waals surface area contributed by atoms with Crippen LogP contribution in [0.2, 0.25) is 5.02 Å². The van der Waals surface area contributed by atoms with Crippen molar-refractivity contribution in [1.29, 1.82) is 0 Å². The van der Waals surface area contributed by atoms with Crippen molar-refractivity contribution in [3.8, 4) is 0 Å². The SMILES string of the molecule is CCCNC(=O)N1CCN(c2c(C)cc(C)cc2Cl)CC1. The number of aryl methyl sites for hydroxylation is 2. The Morgan fingerprint density at radius 1 is 1.24 bits per heavy atom. The fourth-order valence-electron chi connectivity index (χ4n) is 2.79. The second-order valence-corrected chi connectivity index (χ2v) is 6.03. The lowest BCUT2D eigenvalue weighted by molar-refractivity contribution is 0.194. The second-order valence-electron chi connectivity index (χ2n) is 5.62. The number of rotatable bonds is 3. The van der Waals surface area contributed by atoms with Crippen molar-refractivity contribution in [2.24, 2.45) is 0 Å². The van der Waals surface area contributed by atoms with Gasteiger partial charge >= 0.3 is 6.03 Å². The number of nitrogens with zero attached hydrogens (tertiary/aromatic N) is 2. The van der Waals surface area contributed by atoms with Crippen LogP contribution in [0.25, 0.3) is 0 Å².